The first-order valence-corrected chi connectivity index (χ1v) is 2.61. The molecule has 0 atom stereocenters. The molecule has 0 bridgehead atoms. The topological polar surface area (TPSA) is 65.2 Å². The Kier molecular flexibility index (Phi) is 1.99. The van der Waals surface area contributed by atoms with Gasteiger partial charge in [-0.05, 0) is 0 Å². The molecule has 0 aliphatic carbocycles. The number of rotatable bonds is 2. The molecule has 1 aromatic heterocycles. The number of hydrogen-bond donors (Lipinski definition) is 0. The second-order valence-corrected chi connectivity index (χ2v) is 1.58. The number of esters is 1. The van der Waals surface area contributed by atoms with Crippen LogP contribution in [0.25, 0.3) is 0 Å². The van der Waals surface area contributed by atoms with Gasteiger partial charge in [-0.2, -0.15) is 4.98 Å². The van der Waals surface area contributed by atoms with Gasteiger partial charge in [-0.3, -0.25) is 4.79 Å². The van der Waals surface area contributed by atoms with E-state index in [2.05, 4.69) is 25.8 Å². The predicted molar refractivity (Wildman–Crippen MR) is 28.6 cm³/mol. The summed E-state index contributed by atoms with van der Waals surface area (Å²) in [7, 11) is 0. The third kappa shape index (κ3) is 1.85. The second kappa shape index (κ2) is 2.95. The Morgan fingerprint density at radius 3 is 3.20 bits per heavy atom. The van der Waals surface area contributed by atoms with Crippen LogP contribution in [0.1, 0.15) is 12.7 Å². The fourth-order valence-electron chi connectivity index (χ4n) is 0.391. The third-order valence-corrected chi connectivity index (χ3v) is 0.771. The van der Waals surface area contributed by atoms with Crippen LogP contribution in [0.2, 0.25) is 0 Å². The maximum absolute atomic E-state index is 10.2. The average Bonchev–Trinajstić information content (AvgIpc) is 2.34. The molecule has 0 aliphatic rings. The molecule has 0 amide bonds. The van der Waals surface area contributed by atoms with E-state index in [-0.39, 0.29) is 12.6 Å². The van der Waals surface area contributed by atoms with E-state index in [1.165, 1.54) is 6.92 Å². The molecule has 10 heavy (non-hydrogen) atoms. The molecule has 0 saturated heterocycles. The lowest BCUT2D eigenvalue weighted by Gasteiger charge is -1.93. The molecule has 1 heterocycles. The van der Waals surface area contributed by atoms with Gasteiger partial charge in [0.05, 0.1) is 0 Å². The highest BCUT2D eigenvalue weighted by molar-refractivity contribution is 5.65. The van der Waals surface area contributed by atoms with E-state index in [0.717, 1.165) is 0 Å². The minimum absolute atomic E-state index is 0.0440. The van der Waals surface area contributed by atoms with Crippen LogP contribution in [0.5, 0.6) is 0 Å². The second-order valence-electron chi connectivity index (χ2n) is 1.58. The van der Waals surface area contributed by atoms with Crippen LogP contribution in [0, 0.1) is 6.39 Å². The van der Waals surface area contributed by atoms with Crippen molar-refractivity contribution in [2.45, 2.75) is 13.5 Å². The van der Waals surface area contributed by atoms with Crippen molar-refractivity contribution in [1.82, 2.24) is 10.1 Å². The maximum Gasteiger partial charge on any atom is 0.316 e. The molecule has 0 fully saturated rings. The Hall–Kier alpha value is -1.39. The van der Waals surface area contributed by atoms with Crippen LogP contribution in [-0.2, 0) is 16.1 Å². The van der Waals surface area contributed by atoms with Crippen molar-refractivity contribution < 1.29 is 14.1 Å². The minimum Gasteiger partial charge on any atom is -0.457 e. The van der Waals surface area contributed by atoms with Crippen LogP contribution >= 0.6 is 0 Å². The third-order valence-electron chi connectivity index (χ3n) is 0.771. The Morgan fingerprint density at radius 2 is 2.70 bits per heavy atom. The fraction of sp³-hybridized carbons (Fsp3) is 0.400. The number of aromatic nitrogens is 2. The summed E-state index contributed by atoms with van der Waals surface area (Å²) < 4.78 is 8.81. The first kappa shape index (κ1) is 6.73. The number of hydrogen-bond acceptors (Lipinski definition) is 5. The number of nitrogens with zero attached hydrogens (tertiary/aromatic N) is 2. The number of ether oxygens (including phenoxy) is 1. The summed E-state index contributed by atoms with van der Waals surface area (Å²) in [5.74, 6) is -0.0556. The van der Waals surface area contributed by atoms with E-state index < -0.39 is 0 Å². The molecular weight excluding hydrogens is 136 g/mol. The maximum atomic E-state index is 10.2. The summed E-state index contributed by atoms with van der Waals surface area (Å²) in [5.41, 5.74) is 0. The Labute approximate surface area is 57.0 Å². The van der Waals surface area contributed by atoms with Gasteiger partial charge in [0, 0.05) is 6.92 Å². The first-order valence-electron chi connectivity index (χ1n) is 2.61. The van der Waals surface area contributed by atoms with Crippen LogP contribution in [0.4, 0.5) is 0 Å². The molecule has 5 heteroatoms. The van der Waals surface area contributed by atoms with E-state index in [9.17, 15) is 4.79 Å². The lowest BCUT2D eigenvalue weighted by molar-refractivity contribution is -0.142. The van der Waals surface area contributed by atoms with Crippen molar-refractivity contribution in [3.05, 3.63) is 12.2 Å². The molecule has 1 aromatic rings. The molecule has 5 nitrogen and oxygen atoms in total. The molecule has 53 valence electrons. The van der Waals surface area contributed by atoms with Gasteiger partial charge in [0.15, 0.2) is 6.61 Å². The molecule has 1 rings (SSSR count). The van der Waals surface area contributed by atoms with Gasteiger partial charge in [0.25, 0.3) is 0 Å². The summed E-state index contributed by atoms with van der Waals surface area (Å²) in [5, 5.41) is 3.37. The van der Waals surface area contributed by atoms with Gasteiger partial charge in [-0.15, -0.1) is 0 Å². The molecular formula is C5H5N2O3. The van der Waals surface area contributed by atoms with Gasteiger partial charge in [0.1, 0.15) is 0 Å². The Bertz CT molecular complexity index is 207. The molecule has 0 aliphatic heterocycles. The van der Waals surface area contributed by atoms with E-state index in [1.54, 1.807) is 0 Å². The number of carbonyl (C=O) groups is 1. The van der Waals surface area contributed by atoms with Crippen molar-refractivity contribution in [2.24, 2.45) is 0 Å². The predicted octanol–water partition coefficient (Wildman–Crippen LogP) is -0.0671. The summed E-state index contributed by atoms with van der Waals surface area (Å²) in [6.45, 7) is 1.35. The van der Waals surface area contributed by atoms with E-state index in [1.807, 2.05) is 0 Å². The zero-order chi connectivity index (χ0) is 7.40. The molecule has 1 radical (unpaired) electrons. The SMILES string of the molecule is CC(=O)OCc1n[c]on1. The highest BCUT2D eigenvalue weighted by Gasteiger charge is 1.99. The van der Waals surface area contributed by atoms with E-state index >= 15 is 0 Å². The van der Waals surface area contributed by atoms with Gasteiger partial charge in [0.2, 0.25) is 5.82 Å². The van der Waals surface area contributed by atoms with Crippen LogP contribution in [0.3, 0.4) is 0 Å². The van der Waals surface area contributed by atoms with Gasteiger partial charge >= 0.3 is 12.4 Å². The van der Waals surface area contributed by atoms with E-state index in [0.29, 0.717) is 5.82 Å². The van der Waals surface area contributed by atoms with Crippen molar-refractivity contribution >= 4 is 5.97 Å². The van der Waals surface area contributed by atoms with Gasteiger partial charge < -0.3 is 9.26 Å². The van der Waals surface area contributed by atoms with Crippen molar-refractivity contribution in [3.8, 4) is 0 Å². The monoisotopic (exact) mass is 141 g/mol. The Morgan fingerprint density at radius 1 is 1.90 bits per heavy atom. The van der Waals surface area contributed by atoms with Crippen LogP contribution < -0.4 is 0 Å². The molecule has 0 saturated carbocycles. The minimum atomic E-state index is -0.371. The quantitative estimate of drug-likeness (QED) is 0.539. The van der Waals surface area contributed by atoms with Gasteiger partial charge in [-0.1, -0.05) is 5.16 Å². The summed E-state index contributed by atoms with van der Waals surface area (Å²) >= 11 is 0. The lowest BCUT2D eigenvalue weighted by atomic mass is 10.6. The number of carbonyl (C=O) groups excluding carboxylic acids is 1. The van der Waals surface area contributed by atoms with Crippen molar-refractivity contribution in [3.63, 3.8) is 0 Å². The van der Waals surface area contributed by atoms with E-state index in [4.69, 9.17) is 0 Å². The summed E-state index contributed by atoms with van der Waals surface area (Å²) in [6.07, 6.45) is 2.13. The van der Waals surface area contributed by atoms with Crippen molar-refractivity contribution in [1.29, 1.82) is 0 Å². The Balaban J connectivity index is 2.35. The smallest absolute Gasteiger partial charge is 0.316 e. The first-order chi connectivity index (χ1) is 4.79. The molecule has 0 N–H and O–H groups in total. The highest BCUT2D eigenvalue weighted by atomic mass is 16.5. The zero-order valence-electron chi connectivity index (χ0n) is 5.33. The van der Waals surface area contributed by atoms with Gasteiger partial charge in [-0.25, -0.2) is 0 Å². The van der Waals surface area contributed by atoms with Crippen LogP contribution in [0.15, 0.2) is 4.52 Å². The standard InChI is InChI=1S/C5H5N2O3/c1-4(8)9-2-5-6-3-10-7-5/h2H2,1H3. The largest absolute Gasteiger partial charge is 0.457 e. The summed E-state index contributed by atoms with van der Waals surface area (Å²) in [4.78, 5) is 13.7. The lowest BCUT2D eigenvalue weighted by Crippen LogP contribution is -1.99. The fourth-order valence-corrected chi connectivity index (χ4v) is 0.391. The molecule has 0 spiro atoms. The average molecular weight is 141 g/mol. The van der Waals surface area contributed by atoms with Crippen LogP contribution in [-0.4, -0.2) is 16.1 Å². The summed E-state index contributed by atoms with van der Waals surface area (Å²) in [6, 6.07) is 0. The molecule has 0 aromatic carbocycles. The highest BCUT2D eigenvalue weighted by Crippen LogP contribution is 1.90. The normalized spacial score (nSPS) is 9.30. The zero-order valence-corrected chi connectivity index (χ0v) is 5.33. The molecule has 0 unspecified atom stereocenters. The van der Waals surface area contributed by atoms with Crippen molar-refractivity contribution in [2.75, 3.05) is 0 Å².